The van der Waals surface area contributed by atoms with Crippen LogP contribution in [0.5, 0.6) is 5.75 Å². The SMILES string of the molecule is COc1ccc(Br)cc1[C@H](N)c1cccs1. The van der Waals surface area contributed by atoms with Crippen LogP contribution in [0, 0.1) is 0 Å². The van der Waals surface area contributed by atoms with Crippen molar-refractivity contribution >= 4 is 27.3 Å². The number of benzene rings is 1. The fourth-order valence-corrected chi connectivity index (χ4v) is 2.69. The molecular weight excluding hydrogens is 286 g/mol. The van der Waals surface area contributed by atoms with Crippen LogP contribution in [0.25, 0.3) is 0 Å². The molecular formula is C12H12BrNOS. The maximum Gasteiger partial charge on any atom is 0.124 e. The van der Waals surface area contributed by atoms with Crippen molar-refractivity contribution in [3.05, 3.63) is 50.6 Å². The van der Waals surface area contributed by atoms with Gasteiger partial charge >= 0.3 is 0 Å². The van der Waals surface area contributed by atoms with Gasteiger partial charge in [-0.1, -0.05) is 22.0 Å². The van der Waals surface area contributed by atoms with E-state index in [0.717, 1.165) is 20.7 Å². The van der Waals surface area contributed by atoms with E-state index in [2.05, 4.69) is 15.9 Å². The third-order valence-electron chi connectivity index (χ3n) is 2.38. The van der Waals surface area contributed by atoms with Gasteiger partial charge in [0.25, 0.3) is 0 Å². The molecule has 0 saturated carbocycles. The standard InChI is InChI=1S/C12H12BrNOS/c1-15-10-5-4-8(13)7-9(10)12(14)11-3-2-6-16-11/h2-7,12H,14H2,1H3/t12-/m0/s1. The summed E-state index contributed by atoms with van der Waals surface area (Å²) >= 11 is 5.10. The predicted octanol–water partition coefficient (Wildman–Crippen LogP) is 3.57. The Bertz CT molecular complexity index is 470. The van der Waals surface area contributed by atoms with Gasteiger partial charge in [0.15, 0.2) is 0 Å². The lowest BCUT2D eigenvalue weighted by atomic mass is 10.1. The van der Waals surface area contributed by atoms with E-state index in [1.54, 1.807) is 18.4 Å². The molecule has 0 fully saturated rings. The van der Waals surface area contributed by atoms with Gasteiger partial charge in [0.05, 0.1) is 13.2 Å². The van der Waals surface area contributed by atoms with Gasteiger partial charge in [0, 0.05) is 14.9 Å². The van der Waals surface area contributed by atoms with Gasteiger partial charge in [-0.2, -0.15) is 0 Å². The molecule has 4 heteroatoms. The first-order valence-corrected chi connectivity index (χ1v) is 6.52. The summed E-state index contributed by atoms with van der Waals surface area (Å²) in [6.45, 7) is 0. The van der Waals surface area contributed by atoms with Gasteiger partial charge in [-0.3, -0.25) is 0 Å². The fraction of sp³-hybridized carbons (Fsp3) is 0.167. The molecule has 84 valence electrons. The predicted molar refractivity (Wildman–Crippen MR) is 71.0 cm³/mol. The van der Waals surface area contributed by atoms with E-state index in [1.807, 2.05) is 35.7 Å². The number of hydrogen-bond donors (Lipinski definition) is 1. The largest absolute Gasteiger partial charge is 0.496 e. The minimum atomic E-state index is -0.132. The first kappa shape index (κ1) is 11.6. The number of nitrogens with two attached hydrogens (primary N) is 1. The first-order chi connectivity index (χ1) is 7.72. The lowest BCUT2D eigenvalue weighted by Gasteiger charge is -2.14. The number of methoxy groups -OCH3 is 1. The van der Waals surface area contributed by atoms with Gasteiger partial charge < -0.3 is 10.5 Å². The highest BCUT2D eigenvalue weighted by Gasteiger charge is 2.15. The summed E-state index contributed by atoms with van der Waals surface area (Å²) in [6.07, 6.45) is 0. The lowest BCUT2D eigenvalue weighted by Crippen LogP contribution is -2.11. The average Bonchev–Trinajstić information content (AvgIpc) is 2.81. The summed E-state index contributed by atoms with van der Waals surface area (Å²) in [4.78, 5) is 1.14. The van der Waals surface area contributed by atoms with E-state index < -0.39 is 0 Å². The van der Waals surface area contributed by atoms with E-state index >= 15 is 0 Å². The third kappa shape index (κ3) is 2.29. The summed E-state index contributed by atoms with van der Waals surface area (Å²) in [5, 5.41) is 2.03. The van der Waals surface area contributed by atoms with E-state index in [0.29, 0.717) is 0 Å². The van der Waals surface area contributed by atoms with E-state index in [4.69, 9.17) is 10.5 Å². The van der Waals surface area contributed by atoms with Crippen molar-refractivity contribution in [2.45, 2.75) is 6.04 Å². The average molecular weight is 298 g/mol. The number of thiophene rings is 1. The van der Waals surface area contributed by atoms with Crippen molar-refractivity contribution in [1.82, 2.24) is 0 Å². The second kappa shape index (κ2) is 4.99. The van der Waals surface area contributed by atoms with Crippen LogP contribution in [0.4, 0.5) is 0 Å². The van der Waals surface area contributed by atoms with Crippen LogP contribution in [0.1, 0.15) is 16.5 Å². The van der Waals surface area contributed by atoms with E-state index in [-0.39, 0.29) is 6.04 Å². The number of ether oxygens (including phenoxy) is 1. The molecule has 0 radical (unpaired) electrons. The fourth-order valence-electron chi connectivity index (χ4n) is 1.57. The molecule has 2 rings (SSSR count). The van der Waals surface area contributed by atoms with Crippen LogP contribution in [-0.4, -0.2) is 7.11 Å². The summed E-state index contributed by atoms with van der Waals surface area (Å²) in [5.41, 5.74) is 7.21. The van der Waals surface area contributed by atoms with Crippen molar-refractivity contribution in [2.75, 3.05) is 7.11 Å². The van der Waals surface area contributed by atoms with Gasteiger partial charge in [0.2, 0.25) is 0 Å². The van der Waals surface area contributed by atoms with Crippen LogP contribution in [-0.2, 0) is 0 Å². The molecule has 0 aliphatic carbocycles. The molecule has 0 saturated heterocycles. The first-order valence-electron chi connectivity index (χ1n) is 4.85. The number of hydrogen-bond acceptors (Lipinski definition) is 3. The van der Waals surface area contributed by atoms with Gasteiger partial charge in [-0.15, -0.1) is 11.3 Å². The maximum absolute atomic E-state index is 6.22. The highest BCUT2D eigenvalue weighted by Crippen LogP contribution is 2.32. The van der Waals surface area contributed by atoms with Crippen LogP contribution < -0.4 is 10.5 Å². The van der Waals surface area contributed by atoms with Gasteiger partial charge in [0.1, 0.15) is 5.75 Å². The monoisotopic (exact) mass is 297 g/mol. The molecule has 1 aromatic carbocycles. The molecule has 0 aliphatic rings. The molecule has 0 unspecified atom stereocenters. The Morgan fingerprint density at radius 1 is 1.38 bits per heavy atom. The molecule has 1 heterocycles. The topological polar surface area (TPSA) is 35.2 Å². The van der Waals surface area contributed by atoms with Gasteiger partial charge in [-0.05, 0) is 29.6 Å². The van der Waals surface area contributed by atoms with Crippen LogP contribution in [0.3, 0.4) is 0 Å². The molecule has 16 heavy (non-hydrogen) atoms. The van der Waals surface area contributed by atoms with Crippen molar-refractivity contribution in [3.63, 3.8) is 0 Å². The molecule has 2 aromatic rings. The van der Waals surface area contributed by atoms with E-state index in [1.165, 1.54) is 0 Å². The van der Waals surface area contributed by atoms with E-state index in [9.17, 15) is 0 Å². The zero-order chi connectivity index (χ0) is 11.5. The molecule has 0 amide bonds. The summed E-state index contributed by atoms with van der Waals surface area (Å²) in [7, 11) is 1.66. The zero-order valence-electron chi connectivity index (χ0n) is 8.81. The highest BCUT2D eigenvalue weighted by molar-refractivity contribution is 9.10. The third-order valence-corrected chi connectivity index (χ3v) is 3.83. The summed E-state index contributed by atoms with van der Waals surface area (Å²) in [5.74, 6) is 0.823. The summed E-state index contributed by atoms with van der Waals surface area (Å²) in [6, 6.07) is 9.78. The molecule has 0 aliphatic heterocycles. The van der Waals surface area contributed by atoms with Crippen molar-refractivity contribution in [3.8, 4) is 5.75 Å². The number of halogens is 1. The Labute approximate surface area is 107 Å². The summed E-state index contributed by atoms with van der Waals surface area (Å²) < 4.78 is 6.33. The second-order valence-corrected chi connectivity index (χ2v) is 5.27. The maximum atomic E-state index is 6.22. The normalized spacial score (nSPS) is 12.4. The minimum Gasteiger partial charge on any atom is -0.496 e. The Morgan fingerprint density at radius 3 is 2.81 bits per heavy atom. The molecule has 1 aromatic heterocycles. The Morgan fingerprint density at radius 2 is 2.19 bits per heavy atom. The molecule has 2 N–H and O–H groups in total. The molecule has 1 atom stereocenters. The minimum absolute atomic E-state index is 0.132. The van der Waals surface area contributed by atoms with Crippen LogP contribution in [0.15, 0.2) is 40.2 Å². The van der Waals surface area contributed by atoms with Crippen molar-refractivity contribution < 1.29 is 4.74 Å². The Hall–Kier alpha value is -0.840. The second-order valence-electron chi connectivity index (χ2n) is 3.38. The quantitative estimate of drug-likeness (QED) is 0.940. The molecule has 0 bridgehead atoms. The zero-order valence-corrected chi connectivity index (χ0v) is 11.2. The smallest absolute Gasteiger partial charge is 0.124 e. The van der Waals surface area contributed by atoms with Crippen LogP contribution >= 0.6 is 27.3 Å². The highest BCUT2D eigenvalue weighted by atomic mass is 79.9. The Balaban J connectivity index is 2.42. The molecule has 2 nitrogen and oxygen atoms in total. The van der Waals surface area contributed by atoms with Crippen molar-refractivity contribution in [2.24, 2.45) is 5.73 Å². The Kier molecular flexibility index (Phi) is 3.63. The van der Waals surface area contributed by atoms with Gasteiger partial charge in [-0.25, -0.2) is 0 Å². The molecule has 0 spiro atoms. The van der Waals surface area contributed by atoms with Crippen LogP contribution in [0.2, 0.25) is 0 Å². The van der Waals surface area contributed by atoms with Crippen molar-refractivity contribution in [1.29, 1.82) is 0 Å². The number of rotatable bonds is 3. The lowest BCUT2D eigenvalue weighted by molar-refractivity contribution is 0.408.